The lowest BCUT2D eigenvalue weighted by Crippen LogP contribution is -2.30. The van der Waals surface area contributed by atoms with Crippen molar-refractivity contribution in [1.82, 2.24) is 0 Å². The van der Waals surface area contributed by atoms with Crippen LogP contribution in [-0.4, -0.2) is 29.8 Å². The quantitative estimate of drug-likeness (QED) is 0.382. The van der Waals surface area contributed by atoms with Crippen LogP contribution in [0.5, 0.6) is 0 Å². The number of carbonyl (C=O) groups excluding carboxylic acids is 4. The second-order valence-electron chi connectivity index (χ2n) is 7.65. The predicted octanol–water partition coefficient (Wildman–Crippen LogP) is 5.29. The van der Waals surface area contributed by atoms with Gasteiger partial charge in [0, 0.05) is 5.02 Å². The Bertz CT molecular complexity index is 1350. The lowest BCUT2D eigenvalue weighted by Gasteiger charge is -2.16. The minimum Gasteiger partial charge on any atom is -0.449 e. The van der Waals surface area contributed by atoms with Crippen LogP contribution >= 0.6 is 23.2 Å². The number of hydrogen-bond donors (Lipinski definition) is 1. The first-order valence-electron chi connectivity index (χ1n) is 10.2. The van der Waals surface area contributed by atoms with Crippen molar-refractivity contribution in [2.45, 2.75) is 20.0 Å². The highest BCUT2D eigenvalue weighted by Gasteiger charge is 2.38. The van der Waals surface area contributed by atoms with E-state index in [-0.39, 0.29) is 27.4 Å². The van der Waals surface area contributed by atoms with E-state index in [1.807, 2.05) is 6.07 Å². The van der Waals surface area contributed by atoms with E-state index in [1.54, 1.807) is 31.2 Å². The topological polar surface area (TPSA) is 92.8 Å². The molecule has 0 fully saturated rings. The predicted molar refractivity (Wildman–Crippen MR) is 129 cm³/mol. The third kappa shape index (κ3) is 4.40. The third-order valence-corrected chi connectivity index (χ3v) is 5.88. The Morgan fingerprint density at radius 2 is 1.65 bits per heavy atom. The summed E-state index contributed by atoms with van der Waals surface area (Å²) in [5.74, 6) is -2.45. The SMILES string of the molecule is Cc1ccccc1N1C(=O)c2ccc(C(=O)OC(C)C(=O)Nc3cc(Cl)ccc3Cl)cc2C1=O. The summed E-state index contributed by atoms with van der Waals surface area (Å²) in [5.41, 5.74) is 1.82. The molecule has 0 spiro atoms. The van der Waals surface area contributed by atoms with Crippen LogP contribution in [0.25, 0.3) is 0 Å². The van der Waals surface area contributed by atoms with Gasteiger partial charge in [0.25, 0.3) is 17.7 Å². The zero-order valence-electron chi connectivity index (χ0n) is 18.1. The number of rotatable bonds is 5. The normalized spacial score (nSPS) is 13.5. The molecule has 0 bridgehead atoms. The van der Waals surface area contributed by atoms with Crippen LogP contribution in [0.2, 0.25) is 10.0 Å². The Hall–Kier alpha value is -3.68. The van der Waals surface area contributed by atoms with E-state index in [1.165, 1.54) is 37.3 Å². The molecule has 9 heteroatoms. The number of nitrogens with zero attached hydrogens (tertiary/aromatic N) is 1. The van der Waals surface area contributed by atoms with Crippen LogP contribution in [0.3, 0.4) is 0 Å². The van der Waals surface area contributed by atoms with Gasteiger partial charge in [0.2, 0.25) is 0 Å². The molecule has 1 N–H and O–H groups in total. The molecule has 172 valence electrons. The molecule has 3 aromatic carbocycles. The number of ether oxygens (including phenoxy) is 1. The Morgan fingerprint density at radius 3 is 2.38 bits per heavy atom. The maximum absolute atomic E-state index is 13.0. The average Bonchev–Trinajstić information content (AvgIpc) is 3.06. The van der Waals surface area contributed by atoms with Gasteiger partial charge in [-0.2, -0.15) is 0 Å². The van der Waals surface area contributed by atoms with Gasteiger partial charge >= 0.3 is 5.97 Å². The van der Waals surface area contributed by atoms with Crippen LogP contribution in [0.1, 0.15) is 43.6 Å². The molecule has 0 radical (unpaired) electrons. The highest BCUT2D eigenvalue weighted by atomic mass is 35.5. The second-order valence-corrected chi connectivity index (χ2v) is 8.50. The first kappa shape index (κ1) is 23.5. The molecule has 0 aromatic heterocycles. The summed E-state index contributed by atoms with van der Waals surface area (Å²) in [6.45, 7) is 3.19. The molecule has 1 heterocycles. The third-order valence-electron chi connectivity index (χ3n) is 5.32. The number of aryl methyl sites for hydroxylation is 1. The molecule has 1 aliphatic rings. The maximum atomic E-state index is 13.0. The fourth-order valence-corrected chi connectivity index (χ4v) is 3.85. The summed E-state index contributed by atoms with van der Waals surface area (Å²) in [6.07, 6.45) is -1.17. The van der Waals surface area contributed by atoms with Crippen molar-refractivity contribution >= 4 is 58.3 Å². The Balaban J connectivity index is 1.50. The van der Waals surface area contributed by atoms with E-state index >= 15 is 0 Å². The number of imide groups is 1. The molecular formula is C25H18Cl2N2O5. The first-order valence-corrected chi connectivity index (χ1v) is 11.0. The van der Waals surface area contributed by atoms with Crippen LogP contribution in [-0.2, 0) is 9.53 Å². The van der Waals surface area contributed by atoms with E-state index in [0.717, 1.165) is 10.5 Å². The molecule has 1 unspecified atom stereocenters. The number of fused-ring (bicyclic) bond motifs is 1. The second kappa shape index (κ2) is 9.29. The summed E-state index contributed by atoms with van der Waals surface area (Å²) in [5, 5.41) is 3.20. The van der Waals surface area contributed by atoms with Gasteiger partial charge in [0.05, 0.1) is 33.1 Å². The van der Waals surface area contributed by atoms with E-state index < -0.39 is 29.8 Å². The van der Waals surface area contributed by atoms with Crippen molar-refractivity contribution < 1.29 is 23.9 Å². The number of benzene rings is 3. The van der Waals surface area contributed by atoms with Gasteiger partial charge in [0.1, 0.15) is 0 Å². The summed E-state index contributed by atoms with van der Waals surface area (Å²) < 4.78 is 5.26. The fourth-order valence-electron chi connectivity index (χ4n) is 3.51. The van der Waals surface area contributed by atoms with Gasteiger partial charge in [-0.25, -0.2) is 9.69 Å². The number of hydrogen-bond acceptors (Lipinski definition) is 5. The van der Waals surface area contributed by atoms with Crippen molar-refractivity contribution in [3.63, 3.8) is 0 Å². The zero-order valence-corrected chi connectivity index (χ0v) is 19.6. The van der Waals surface area contributed by atoms with Crippen molar-refractivity contribution in [2.75, 3.05) is 10.2 Å². The van der Waals surface area contributed by atoms with Crippen LogP contribution in [0.4, 0.5) is 11.4 Å². The van der Waals surface area contributed by atoms with Crippen LogP contribution < -0.4 is 10.2 Å². The Labute approximate surface area is 205 Å². The monoisotopic (exact) mass is 496 g/mol. The number of esters is 1. The summed E-state index contributed by atoms with van der Waals surface area (Å²) in [7, 11) is 0. The van der Waals surface area contributed by atoms with E-state index in [4.69, 9.17) is 27.9 Å². The smallest absolute Gasteiger partial charge is 0.338 e. The number of para-hydroxylation sites is 1. The highest BCUT2D eigenvalue weighted by Crippen LogP contribution is 2.31. The fraction of sp³-hybridized carbons (Fsp3) is 0.120. The van der Waals surface area contributed by atoms with E-state index in [2.05, 4.69) is 5.32 Å². The number of anilines is 2. The van der Waals surface area contributed by atoms with Crippen LogP contribution in [0, 0.1) is 6.92 Å². The molecular weight excluding hydrogens is 479 g/mol. The van der Waals surface area contributed by atoms with Crippen molar-refractivity contribution in [3.8, 4) is 0 Å². The number of halogens is 2. The maximum Gasteiger partial charge on any atom is 0.338 e. The molecule has 1 aliphatic heterocycles. The van der Waals surface area contributed by atoms with E-state index in [9.17, 15) is 19.2 Å². The Kier molecular flexibility index (Phi) is 6.41. The number of carbonyl (C=O) groups is 4. The van der Waals surface area contributed by atoms with Crippen molar-refractivity contribution in [1.29, 1.82) is 0 Å². The summed E-state index contributed by atoms with van der Waals surface area (Å²) >= 11 is 12.0. The molecule has 0 saturated carbocycles. The number of amides is 3. The molecule has 3 aromatic rings. The van der Waals surface area contributed by atoms with Gasteiger partial charge in [-0.15, -0.1) is 0 Å². The van der Waals surface area contributed by atoms with Gasteiger partial charge in [-0.05, 0) is 61.9 Å². The number of nitrogens with one attached hydrogen (secondary N) is 1. The zero-order chi connectivity index (χ0) is 24.6. The minimum atomic E-state index is -1.17. The summed E-state index contributed by atoms with van der Waals surface area (Å²) in [6, 6.07) is 15.7. The average molecular weight is 497 g/mol. The van der Waals surface area contributed by atoms with Crippen LogP contribution in [0.15, 0.2) is 60.7 Å². The van der Waals surface area contributed by atoms with Gasteiger partial charge in [-0.3, -0.25) is 14.4 Å². The lowest BCUT2D eigenvalue weighted by atomic mass is 10.1. The molecule has 4 rings (SSSR count). The van der Waals surface area contributed by atoms with Crippen molar-refractivity contribution in [3.05, 3.63) is 93.0 Å². The van der Waals surface area contributed by atoms with E-state index in [0.29, 0.717) is 10.7 Å². The molecule has 3 amide bonds. The van der Waals surface area contributed by atoms with Gasteiger partial charge < -0.3 is 10.1 Å². The largest absolute Gasteiger partial charge is 0.449 e. The molecule has 0 aliphatic carbocycles. The van der Waals surface area contributed by atoms with Gasteiger partial charge in [-0.1, -0.05) is 41.4 Å². The lowest BCUT2D eigenvalue weighted by molar-refractivity contribution is -0.123. The standard InChI is InChI=1S/C25H18Cl2N2O5/c1-13-5-3-4-6-21(13)29-23(31)17-9-7-15(11-18(17)24(29)32)25(33)34-14(2)22(30)28-20-12-16(26)8-10-19(20)27/h3-12,14H,1-2H3,(H,28,30). The highest BCUT2D eigenvalue weighted by molar-refractivity contribution is 6.36. The molecule has 0 saturated heterocycles. The minimum absolute atomic E-state index is 0.0342. The van der Waals surface area contributed by atoms with Crippen molar-refractivity contribution in [2.24, 2.45) is 0 Å². The first-order chi connectivity index (χ1) is 16.2. The molecule has 7 nitrogen and oxygen atoms in total. The molecule has 1 atom stereocenters. The van der Waals surface area contributed by atoms with Gasteiger partial charge in [0.15, 0.2) is 6.10 Å². The summed E-state index contributed by atoms with van der Waals surface area (Å²) in [4.78, 5) is 52.1. The molecule has 34 heavy (non-hydrogen) atoms. The Morgan fingerprint density at radius 1 is 0.941 bits per heavy atom.